The highest BCUT2D eigenvalue weighted by molar-refractivity contribution is 6.00. The van der Waals surface area contributed by atoms with Crippen LogP contribution in [0, 0.1) is 0 Å². The number of carbonyl (C=O) groups is 2. The van der Waals surface area contributed by atoms with Gasteiger partial charge in [-0.05, 0) is 19.4 Å². The zero-order valence-electron chi connectivity index (χ0n) is 10.2. The molecule has 0 aromatic carbocycles. The maximum absolute atomic E-state index is 11.6. The van der Waals surface area contributed by atoms with Gasteiger partial charge in [-0.15, -0.1) is 0 Å². The minimum atomic E-state index is -1.10. The summed E-state index contributed by atoms with van der Waals surface area (Å²) in [7, 11) is 0. The SMILES string of the molecule is CCOCCCC(=O)Nc1cnccc1C(=O)O. The molecule has 0 radical (unpaired) electrons. The molecule has 1 aromatic heterocycles. The number of rotatable bonds is 7. The molecule has 6 nitrogen and oxygen atoms in total. The van der Waals surface area contributed by atoms with E-state index in [1.165, 1.54) is 18.5 Å². The fraction of sp³-hybridized carbons (Fsp3) is 0.417. The maximum Gasteiger partial charge on any atom is 0.337 e. The topological polar surface area (TPSA) is 88.5 Å². The van der Waals surface area contributed by atoms with Crippen molar-refractivity contribution in [2.45, 2.75) is 19.8 Å². The molecule has 1 rings (SSSR count). The number of hydrogen-bond donors (Lipinski definition) is 2. The zero-order valence-corrected chi connectivity index (χ0v) is 10.2. The van der Waals surface area contributed by atoms with Crippen molar-refractivity contribution in [2.24, 2.45) is 0 Å². The van der Waals surface area contributed by atoms with Gasteiger partial charge in [-0.3, -0.25) is 9.78 Å². The molecular formula is C12H16N2O4. The molecule has 0 fully saturated rings. The molecule has 0 bridgehead atoms. The van der Waals surface area contributed by atoms with Crippen LogP contribution in [-0.4, -0.2) is 35.2 Å². The van der Waals surface area contributed by atoms with Crippen LogP contribution in [0.15, 0.2) is 18.5 Å². The molecule has 0 aliphatic heterocycles. The molecule has 0 atom stereocenters. The molecule has 0 aliphatic carbocycles. The van der Waals surface area contributed by atoms with E-state index in [0.717, 1.165) is 0 Å². The van der Waals surface area contributed by atoms with Gasteiger partial charge in [0.2, 0.25) is 5.91 Å². The number of pyridine rings is 1. The molecule has 0 saturated heterocycles. The summed E-state index contributed by atoms with van der Waals surface area (Å²) in [5.74, 6) is -1.34. The summed E-state index contributed by atoms with van der Waals surface area (Å²) >= 11 is 0. The maximum atomic E-state index is 11.6. The van der Waals surface area contributed by atoms with E-state index in [9.17, 15) is 9.59 Å². The Morgan fingerprint density at radius 2 is 2.28 bits per heavy atom. The minimum Gasteiger partial charge on any atom is -0.478 e. The molecule has 0 unspecified atom stereocenters. The Morgan fingerprint density at radius 3 is 2.94 bits per heavy atom. The molecule has 2 N–H and O–H groups in total. The molecule has 0 spiro atoms. The van der Waals surface area contributed by atoms with E-state index < -0.39 is 5.97 Å². The van der Waals surface area contributed by atoms with Gasteiger partial charge in [0.05, 0.1) is 17.4 Å². The molecule has 18 heavy (non-hydrogen) atoms. The summed E-state index contributed by atoms with van der Waals surface area (Å²) in [5, 5.41) is 11.5. The van der Waals surface area contributed by atoms with E-state index in [-0.39, 0.29) is 23.6 Å². The van der Waals surface area contributed by atoms with Crippen molar-refractivity contribution in [1.29, 1.82) is 0 Å². The second-order valence-corrected chi connectivity index (χ2v) is 3.58. The average Bonchev–Trinajstić information content (AvgIpc) is 2.35. The van der Waals surface area contributed by atoms with Gasteiger partial charge in [0.1, 0.15) is 0 Å². The molecule has 1 heterocycles. The van der Waals surface area contributed by atoms with Crippen molar-refractivity contribution in [3.8, 4) is 0 Å². The van der Waals surface area contributed by atoms with Gasteiger partial charge in [0.15, 0.2) is 0 Å². The summed E-state index contributed by atoms with van der Waals surface area (Å²) in [6.45, 7) is 3.02. The van der Waals surface area contributed by atoms with E-state index in [1.54, 1.807) is 0 Å². The van der Waals surface area contributed by atoms with Crippen LogP contribution in [0.5, 0.6) is 0 Å². The number of aromatic nitrogens is 1. The molecule has 0 saturated carbocycles. The smallest absolute Gasteiger partial charge is 0.337 e. The van der Waals surface area contributed by atoms with Crippen LogP contribution in [0.2, 0.25) is 0 Å². The number of carbonyl (C=O) groups excluding carboxylic acids is 1. The van der Waals surface area contributed by atoms with E-state index in [2.05, 4.69) is 10.3 Å². The number of amides is 1. The Morgan fingerprint density at radius 1 is 1.50 bits per heavy atom. The predicted molar refractivity (Wildman–Crippen MR) is 65.6 cm³/mol. The Labute approximate surface area is 105 Å². The van der Waals surface area contributed by atoms with Crippen LogP contribution in [0.1, 0.15) is 30.1 Å². The zero-order chi connectivity index (χ0) is 13.4. The van der Waals surface area contributed by atoms with E-state index in [0.29, 0.717) is 19.6 Å². The summed E-state index contributed by atoms with van der Waals surface area (Å²) in [5.41, 5.74) is 0.245. The fourth-order valence-electron chi connectivity index (χ4n) is 1.37. The van der Waals surface area contributed by atoms with E-state index >= 15 is 0 Å². The second kappa shape index (κ2) is 7.39. The van der Waals surface area contributed by atoms with Crippen LogP contribution in [-0.2, 0) is 9.53 Å². The van der Waals surface area contributed by atoms with Crippen LogP contribution in [0.3, 0.4) is 0 Å². The molecule has 1 aromatic rings. The van der Waals surface area contributed by atoms with Gasteiger partial charge >= 0.3 is 5.97 Å². The summed E-state index contributed by atoms with van der Waals surface area (Å²) in [6.07, 6.45) is 3.58. The highest BCUT2D eigenvalue weighted by Crippen LogP contribution is 2.13. The Hall–Kier alpha value is -1.95. The van der Waals surface area contributed by atoms with Crippen molar-refractivity contribution < 1.29 is 19.4 Å². The van der Waals surface area contributed by atoms with Crippen molar-refractivity contribution in [1.82, 2.24) is 4.98 Å². The van der Waals surface area contributed by atoms with E-state index in [1.807, 2.05) is 6.92 Å². The number of ether oxygens (including phenoxy) is 1. The normalized spacial score (nSPS) is 10.1. The molecule has 6 heteroatoms. The van der Waals surface area contributed by atoms with Gasteiger partial charge in [-0.25, -0.2) is 4.79 Å². The third kappa shape index (κ3) is 4.50. The van der Waals surface area contributed by atoms with Crippen LogP contribution in [0.4, 0.5) is 5.69 Å². The first-order chi connectivity index (χ1) is 8.65. The van der Waals surface area contributed by atoms with Crippen molar-refractivity contribution in [3.05, 3.63) is 24.0 Å². The van der Waals surface area contributed by atoms with Crippen LogP contribution < -0.4 is 5.32 Å². The lowest BCUT2D eigenvalue weighted by atomic mass is 10.2. The summed E-state index contributed by atoms with van der Waals surface area (Å²) in [4.78, 5) is 26.3. The molecule has 98 valence electrons. The standard InChI is InChI=1S/C12H16N2O4/c1-2-18-7-3-4-11(15)14-10-8-13-6-5-9(10)12(16)17/h5-6,8H,2-4,7H2,1H3,(H,14,15)(H,16,17). The first-order valence-electron chi connectivity index (χ1n) is 5.70. The highest BCUT2D eigenvalue weighted by Gasteiger charge is 2.11. The van der Waals surface area contributed by atoms with Crippen molar-refractivity contribution >= 4 is 17.6 Å². The lowest BCUT2D eigenvalue weighted by Crippen LogP contribution is -2.15. The Bertz CT molecular complexity index is 420. The Kier molecular flexibility index (Phi) is 5.79. The number of nitrogens with one attached hydrogen (secondary N) is 1. The van der Waals surface area contributed by atoms with Crippen molar-refractivity contribution in [2.75, 3.05) is 18.5 Å². The number of hydrogen-bond acceptors (Lipinski definition) is 4. The van der Waals surface area contributed by atoms with Gasteiger partial charge < -0.3 is 15.2 Å². The average molecular weight is 252 g/mol. The van der Waals surface area contributed by atoms with Crippen molar-refractivity contribution in [3.63, 3.8) is 0 Å². The lowest BCUT2D eigenvalue weighted by Gasteiger charge is -2.07. The van der Waals surface area contributed by atoms with E-state index in [4.69, 9.17) is 9.84 Å². The van der Waals surface area contributed by atoms with Crippen LogP contribution in [0.25, 0.3) is 0 Å². The largest absolute Gasteiger partial charge is 0.478 e. The number of anilines is 1. The molecule has 0 aliphatic rings. The predicted octanol–water partition coefficient (Wildman–Crippen LogP) is 1.54. The van der Waals surface area contributed by atoms with Gasteiger partial charge in [0, 0.05) is 25.8 Å². The van der Waals surface area contributed by atoms with Crippen LogP contribution >= 0.6 is 0 Å². The fourth-order valence-corrected chi connectivity index (χ4v) is 1.37. The van der Waals surface area contributed by atoms with Gasteiger partial charge in [-0.1, -0.05) is 0 Å². The minimum absolute atomic E-state index is 0.0307. The first kappa shape index (κ1) is 14.1. The number of nitrogens with zero attached hydrogens (tertiary/aromatic N) is 1. The molecule has 1 amide bonds. The number of aromatic carboxylic acids is 1. The lowest BCUT2D eigenvalue weighted by molar-refractivity contribution is -0.116. The first-order valence-corrected chi connectivity index (χ1v) is 5.70. The van der Waals surface area contributed by atoms with Gasteiger partial charge in [-0.2, -0.15) is 0 Å². The monoisotopic (exact) mass is 252 g/mol. The summed E-state index contributed by atoms with van der Waals surface area (Å²) in [6, 6.07) is 1.35. The second-order valence-electron chi connectivity index (χ2n) is 3.58. The third-order valence-electron chi connectivity index (χ3n) is 2.22. The summed E-state index contributed by atoms with van der Waals surface area (Å²) < 4.78 is 5.11. The number of carboxylic acids is 1. The molecular weight excluding hydrogens is 236 g/mol. The quantitative estimate of drug-likeness (QED) is 0.718. The van der Waals surface area contributed by atoms with Gasteiger partial charge in [0.25, 0.3) is 0 Å². The third-order valence-corrected chi connectivity index (χ3v) is 2.22. The number of carboxylic acid groups (broad SMARTS) is 1. The highest BCUT2D eigenvalue weighted by atomic mass is 16.5. The Balaban J connectivity index is 2.51.